The number of nitrogens with zero attached hydrogens (tertiary/aromatic N) is 2. The monoisotopic (exact) mass is 386 g/mol. The third-order valence-electron chi connectivity index (χ3n) is 3.77. The zero-order valence-corrected chi connectivity index (χ0v) is 15.9. The molecule has 0 aliphatic carbocycles. The van der Waals surface area contributed by atoms with E-state index >= 15 is 0 Å². The van der Waals surface area contributed by atoms with Gasteiger partial charge in [0.05, 0.1) is 32.6 Å². The number of carbonyl (C=O) groups excluding carboxylic acids is 1. The van der Waals surface area contributed by atoms with E-state index in [1.54, 1.807) is 50.6 Å². The summed E-state index contributed by atoms with van der Waals surface area (Å²) in [5, 5.41) is 8.33. The minimum Gasteiger partial charge on any atom is -0.496 e. The normalized spacial score (nSPS) is 10.5. The molecule has 0 atom stereocenters. The number of ether oxygens (including phenoxy) is 3. The number of para-hydroxylation sites is 1. The van der Waals surface area contributed by atoms with Gasteiger partial charge >= 0.3 is 0 Å². The number of carbonyl (C=O) groups is 1. The second-order valence-corrected chi connectivity index (χ2v) is 6.28. The van der Waals surface area contributed by atoms with E-state index in [1.165, 1.54) is 18.9 Å². The van der Waals surface area contributed by atoms with Crippen LogP contribution in [0.2, 0.25) is 0 Å². The number of rotatable bonds is 8. The molecule has 0 unspecified atom stereocenters. The predicted molar refractivity (Wildman–Crippen MR) is 101 cm³/mol. The number of ketones is 1. The first kappa shape index (κ1) is 18.8. The minimum absolute atomic E-state index is 0.0803. The van der Waals surface area contributed by atoms with Crippen LogP contribution in [0.25, 0.3) is 11.5 Å². The zero-order chi connectivity index (χ0) is 19.2. The van der Waals surface area contributed by atoms with Gasteiger partial charge in [0, 0.05) is 5.56 Å². The largest absolute Gasteiger partial charge is 0.496 e. The van der Waals surface area contributed by atoms with E-state index in [-0.39, 0.29) is 11.5 Å². The molecule has 0 amide bonds. The number of aromatic nitrogens is 2. The van der Waals surface area contributed by atoms with Crippen LogP contribution in [0.3, 0.4) is 0 Å². The van der Waals surface area contributed by atoms with E-state index in [9.17, 15) is 4.79 Å². The standard InChI is InChI=1S/C19H18N2O5S/c1-23-15-7-5-4-6-13(15)14(22)11-27-19-21-20-18(26-19)12-8-9-16(24-2)17(10-12)25-3/h4-10H,11H2,1-3H3. The van der Waals surface area contributed by atoms with Crippen LogP contribution in [0.15, 0.2) is 52.1 Å². The molecule has 140 valence electrons. The van der Waals surface area contributed by atoms with Crippen molar-refractivity contribution in [3.05, 3.63) is 48.0 Å². The molecule has 0 aliphatic rings. The van der Waals surface area contributed by atoms with Crippen LogP contribution in [0.1, 0.15) is 10.4 Å². The fourth-order valence-electron chi connectivity index (χ4n) is 2.43. The molecule has 0 fully saturated rings. The first-order chi connectivity index (χ1) is 13.2. The van der Waals surface area contributed by atoms with Crippen molar-refractivity contribution in [2.75, 3.05) is 27.1 Å². The fourth-order valence-corrected chi connectivity index (χ4v) is 3.08. The molecular formula is C19H18N2O5S. The Morgan fingerprint density at radius 1 is 0.963 bits per heavy atom. The van der Waals surface area contributed by atoms with Gasteiger partial charge in [0.15, 0.2) is 17.3 Å². The van der Waals surface area contributed by atoms with E-state index in [0.717, 1.165) is 0 Å². The third kappa shape index (κ3) is 4.22. The van der Waals surface area contributed by atoms with Crippen molar-refractivity contribution in [2.24, 2.45) is 0 Å². The van der Waals surface area contributed by atoms with E-state index in [2.05, 4.69) is 10.2 Å². The molecule has 0 aliphatic heterocycles. The summed E-state index contributed by atoms with van der Waals surface area (Å²) in [5.74, 6) is 2.13. The van der Waals surface area contributed by atoms with Gasteiger partial charge in [-0.3, -0.25) is 4.79 Å². The van der Waals surface area contributed by atoms with E-state index in [4.69, 9.17) is 18.6 Å². The Hall–Kier alpha value is -3.00. The molecule has 0 bridgehead atoms. The molecule has 2 aromatic carbocycles. The van der Waals surface area contributed by atoms with Crippen LogP contribution in [0.4, 0.5) is 0 Å². The van der Waals surface area contributed by atoms with Crippen LogP contribution in [0, 0.1) is 0 Å². The lowest BCUT2D eigenvalue weighted by Crippen LogP contribution is -2.04. The molecule has 3 aromatic rings. The molecule has 7 nitrogen and oxygen atoms in total. The SMILES string of the molecule is COc1ccc(-c2nnc(SCC(=O)c3ccccc3OC)o2)cc1OC. The number of thioether (sulfide) groups is 1. The Morgan fingerprint density at radius 3 is 2.44 bits per heavy atom. The van der Waals surface area contributed by atoms with Gasteiger partial charge in [-0.15, -0.1) is 10.2 Å². The Morgan fingerprint density at radius 2 is 1.70 bits per heavy atom. The van der Waals surface area contributed by atoms with Gasteiger partial charge in [-0.05, 0) is 30.3 Å². The molecule has 1 heterocycles. The second kappa shape index (κ2) is 8.59. The topological polar surface area (TPSA) is 83.7 Å². The maximum Gasteiger partial charge on any atom is 0.277 e. The van der Waals surface area contributed by atoms with Crippen LogP contribution < -0.4 is 14.2 Å². The molecular weight excluding hydrogens is 368 g/mol. The summed E-state index contributed by atoms with van der Waals surface area (Å²) in [5.41, 5.74) is 1.22. The van der Waals surface area contributed by atoms with Crippen molar-refractivity contribution in [3.8, 4) is 28.7 Å². The molecule has 0 radical (unpaired) electrons. The smallest absolute Gasteiger partial charge is 0.277 e. The van der Waals surface area contributed by atoms with Gasteiger partial charge in [0.1, 0.15) is 5.75 Å². The third-order valence-corrected chi connectivity index (χ3v) is 4.59. The molecule has 8 heteroatoms. The summed E-state index contributed by atoms with van der Waals surface area (Å²) >= 11 is 1.17. The van der Waals surface area contributed by atoms with Gasteiger partial charge in [-0.1, -0.05) is 23.9 Å². The van der Waals surface area contributed by atoms with Crippen molar-refractivity contribution in [2.45, 2.75) is 5.22 Å². The van der Waals surface area contributed by atoms with Crippen molar-refractivity contribution in [1.82, 2.24) is 10.2 Å². The van der Waals surface area contributed by atoms with Crippen LogP contribution in [-0.4, -0.2) is 43.1 Å². The summed E-state index contributed by atoms with van der Waals surface area (Å²) in [6, 6.07) is 12.4. The Balaban J connectivity index is 1.70. The highest BCUT2D eigenvalue weighted by atomic mass is 32.2. The van der Waals surface area contributed by atoms with Gasteiger partial charge in [-0.25, -0.2) is 0 Å². The number of hydrogen-bond acceptors (Lipinski definition) is 8. The summed E-state index contributed by atoms with van der Waals surface area (Å²) in [4.78, 5) is 12.4. The first-order valence-electron chi connectivity index (χ1n) is 8.01. The Bertz CT molecular complexity index is 941. The Kier molecular flexibility index (Phi) is 5.97. The van der Waals surface area contributed by atoms with Crippen molar-refractivity contribution in [1.29, 1.82) is 0 Å². The molecule has 1 aromatic heterocycles. The highest BCUT2D eigenvalue weighted by Crippen LogP contribution is 2.32. The van der Waals surface area contributed by atoms with Crippen molar-refractivity contribution in [3.63, 3.8) is 0 Å². The lowest BCUT2D eigenvalue weighted by Gasteiger charge is -2.07. The lowest BCUT2D eigenvalue weighted by molar-refractivity contribution is 0.101. The maximum absolute atomic E-state index is 12.4. The summed E-state index contributed by atoms with van der Waals surface area (Å²) in [7, 11) is 4.66. The Labute approximate surface area is 160 Å². The van der Waals surface area contributed by atoms with E-state index in [0.29, 0.717) is 39.5 Å². The zero-order valence-electron chi connectivity index (χ0n) is 15.1. The fraction of sp³-hybridized carbons (Fsp3) is 0.211. The van der Waals surface area contributed by atoms with Gasteiger partial charge in [-0.2, -0.15) is 0 Å². The second-order valence-electron chi connectivity index (χ2n) is 5.36. The summed E-state index contributed by atoms with van der Waals surface area (Å²) < 4.78 is 21.4. The van der Waals surface area contributed by atoms with Crippen molar-refractivity contribution < 1.29 is 23.4 Å². The van der Waals surface area contributed by atoms with E-state index < -0.39 is 0 Å². The first-order valence-corrected chi connectivity index (χ1v) is 8.99. The van der Waals surface area contributed by atoms with Crippen LogP contribution >= 0.6 is 11.8 Å². The molecule has 0 N–H and O–H groups in total. The number of methoxy groups -OCH3 is 3. The maximum atomic E-state index is 12.4. The summed E-state index contributed by atoms with van der Waals surface area (Å²) in [6.45, 7) is 0. The van der Waals surface area contributed by atoms with Crippen LogP contribution in [0.5, 0.6) is 17.2 Å². The average Bonchev–Trinajstić information content (AvgIpc) is 3.20. The quantitative estimate of drug-likeness (QED) is 0.428. The predicted octanol–water partition coefficient (Wildman–Crippen LogP) is 3.74. The molecule has 0 spiro atoms. The average molecular weight is 386 g/mol. The van der Waals surface area contributed by atoms with Gasteiger partial charge in [0.25, 0.3) is 5.22 Å². The van der Waals surface area contributed by atoms with Gasteiger partial charge in [0.2, 0.25) is 5.89 Å². The summed E-state index contributed by atoms with van der Waals surface area (Å²) in [6.07, 6.45) is 0. The lowest BCUT2D eigenvalue weighted by atomic mass is 10.1. The number of Topliss-reactive ketones (excluding diaryl/α,β-unsaturated/α-hetero) is 1. The van der Waals surface area contributed by atoms with Crippen molar-refractivity contribution >= 4 is 17.5 Å². The van der Waals surface area contributed by atoms with Crippen LogP contribution in [-0.2, 0) is 0 Å². The molecule has 27 heavy (non-hydrogen) atoms. The molecule has 3 rings (SSSR count). The molecule has 0 saturated heterocycles. The highest BCUT2D eigenvalue weighted by molar-refractivity contribution is 7.99. The minimum atomic E-state index is -0.0803. The number of hydrogen-bond donors (Lipinski definition) is 0. The van der Waals surface area contributed by atoms with E-state index in [1.807, 2.05) is 6.07 Å². The number of benzene rings is 2. The molecule has 0 saturated carbocycles. The highest BCUT2D eigenvalue weighted by Gasteiger charge is 2.16. The van der Waals surface area contributed by atoms with Gasteiger partial charge < -0.3 is 18.6 Å².